The Bertz CT molecular complexity index is 1590. The molecule has 276 valence electrons. The monoisotopic (exact) mass is 804 g/mol. The maximum absolute atomic E-state index is 14.3. The average Bonchev–Trinajstić information content (AvgIpc) is 3.13. The van der Waals surface area contributed by atoms with E-state index in [2.05, 4.69) is 31.0 Å². The van der Waals surface area contributed by atoms with Crippen LogP contribution in [0, 0.1) is 5.92 Å². The summed E-state index contributed by atoms with van der Waals surface area (Å²) in [4.78, 5) is 63.9. The van der Waals surface area contributed by atoms with Crippen LogP contribution in [-0.4, -0.2) is 126 Å². The number of hydrogen-bond donors (Lipinski definition) is 1. The Kier molecular flexibility index (Phi) is 12.5. The Hall–Kier alpha value is -2.90. The van der Waals surface area contributed by atoms with Gasteiger partial charge in [0.05, 0.1) is 27.0 Å². The van der Waals surface area contributed by atoms with Gasteiger partial charge in [0.1, 0.15) is 6.04 Å². The number of amides is 4. The van der Waals surface area contributed by atoms with Gasteiger partial charge in [0, 0.05) is 76.5 Å². The number of halogens is 3. The number of carbonyl (C=O) groups excluding carboxylic acids is 4. The second-order valence-corrected chi connectivity index (χ2v) is 15.7. The van der Waals surface area contributed by atoms with Crippen LogP contribution in [0.2, 0.25) is 10.0 Å². The number of nitrogens with one attached hydrogen (secondary N) is 1. The molecular weight excluding hydrogens is 759 g/mol. The zero-order chi connectivity index (χ0) is 36.2. The molecule has 0 aliphatic carbocycles. The zero-order valence-electron chi connectivity index (χ0n) is 29.3. The number of piperidine rings is 2. The quantitative estimate of drug-likeness (QED) is 0.263. The number of fused-ring (bicyclic) bond motifs is 1. The van der Waals surface area contributed by atoms with Crippen LogP contribution in [-0.2, 0) is 32.1 Å². The number of nitrogens with zero attached hydrogens (tertiary/aromatic N) is 5. The van der Waals surface area contributed by atoms with Crippen LogP contribution in [0.5, 0.6) is 0 Å². The normalized spacial score (nSPS) is 21.6. The summed E-state index contributed by atoms with van der Waals surface area (Å²) in [5.74, 6) is -0.920. The van der Waals surface area contributed by atoms with Crippen molar-refractivity contribution < 1.29 is 23.9 Å². The fourth-order valence-corrected chi connectivity index (χ4v) is 8.80. The van der Waals surface area contributed by atoms with Gasteiger partial charge in [-0.15, -0.1) is 0 Å². The summed E-state index contributed by atoms with van der Waals surface area (Å²) in [6, 6.07) is 11.2. The first-order valence-electron chi connectivity index (χ1n) is 18.0. The molecule has 3 saturated heterocycles. The maximum atomic E-state index is 14.3. The number of carbonyl (C=O) groups is 4. The first kappa shape index (κ1) is 37.8. The number of likely N-dealkylation sites (tertiary alicyclic amines) is 2. The minimum absolute atomic E-state index is 0.0249. The van der Waals surface area contributed by atoms with Gasteiger partial charge in [-0.25, -0.2) is 4.79 Å². The molecule has 4 heterocycles. The Balaban J connectivity index is 1.10. The molecular formula is C37H47BrCl2N6O5. The fourth-order valence-electron chi connectivity index (χ4n) is 8.04. The molecule has 2 atom stereocenters. The van der Waals surface area contributed by atoms with Crippen molar-refractivity contribution in [2.24, 2.45) is 5.92 Å². The van der Waals surface area contributed by atoms with E-state index in [4.69, 9.17) is 27.9 Å². The third-order valence-corrected chi connectivity index (χ3v) is 12.8. The Morgan fingerprint density at radius 2 is 1.59 bits per heavy atom. The number of anilines is 1. The second-order valence-electron chi connectivity index (χ2n) is 14.1. The maximum Gasteiger partial charge on any atom is 0.324 e. The van der Waals surface area contributed by atoms with Crippen molar-refractivity contribution in [2.45, 2.75) is 70.1 Å². The van der Waals surface area contributed by atoms with Crippen LogP contribution >= 0.6 is 39.1 Å². The predicted octanol–water partition coefficient (Wildman–Crippen LogP) is 5.51. The number of rotatable bonds is 9. The van der Waals surface area contributed by atoms with Crippen molar-refractivity contribution in [1.29, 1.82) is 0 Å². The van der Waals surface area contributed by atoms with Crippen molar-refractivity contribution in [3.05, 3.63) is 62.0 Å². The van der Waals surface area contributed by atoms with Crippen molar-refractivity contribution >= 4 is 68.6 Å². The van der Waals surface area contributed by atoms with Crippen molar-refractivity contribution in [3.63, 3.8) is 0 Å². The molecule has 4 aliphatic rings. The number of ether oxygens (including phenoxy) is 1. The smallest absolute Gasteiger partial charge is 0.324 e. The number of esters is 1. The lowest BCUT2D eigenvalue weighted by atomic mass is 9.91. The molecule has 0 aromatic heterocycles. The van der Waals surface area contributed by atoms with E-state index in [-0.39, 0.29) is 48.4 Å². The highest BCUT2D eigenvalue weighted by Gasteiger charge is 2.40. The van der Waals surface area contributed by atoms with Crippen LogP contribution in [0.1, 0.15) is 50.2 Å². The third-order valence-electron chi connectivity index (χ3n) is 10.8. The summed E-state index contributed by atoms with van der Waals surface area (Å²) >= 11 is 16.3. The molecule has 0 bridgehead atoms. The molecule has 51 heavy (non-hydrogen) atoms. The molecule has 2 unspecified atom stereocenters. The summed E-state index contributed by atoms with van der Waals surface area (Å²) in [7, 11) is 2.02. The van der Waals surface area contributed by atoms with E-state index >= 15 is 0 Å². The first-order chi connectivity index (χ1) is 24.5. The summed E-state index contributed by atoms with van der Waals surface area (Å²) in [6.45, 7) is 7.11. The number of likely N-dealkylation sites (N-methyl/N-ethyl adjacent to an activating group) is 1. The Morgan fingerprint density at radius 3 is 2.27 bits per heavy atom. The first-order valence-corrected chi connectivity index (χ1v) is 19.5. The van der Waals surface area contributed by atoms with Gasteiger partial charge in [-0.3, -0.25) is 19.3 Å². The highest BCUT2D eigenvalue weighted by atomic mass is 79.9. The SMILES string of the molecule is CCOC(=O)C1CN(C)CCN1C1CCN(C(=O)C(CC(=O)N2CCC(N3Cc4ccccc4NC3=O)CC2)Cc2cc(Cl)c(Br)c(Cl)c2)CC1. The summed E-state index contributed by atoms with van der Waals surface area (Å²) in [5.41, 5.74) is 2.72. The predicted molar refractivity (Wildman–Crippen MR) is 201 cm³/mol. The molecule has 2 aromatic carbocycles. The summed E-state index contributed by atoms with van der Waals surface area (Å²) in [5, 5.41) is 3.90. The minimum atomic E-state index is -0.597. The van der Waals surface area contributed by atoms with E-state index in [1.54, 1.807) is 12.1 Å². The van der Waals surface area contributed by atoms with Gasteiger partial charge < -0.3 is 29.7 Å². The molecule has 11 nitrogen and oxygen atoms in total. The molecule has 0 spiro atoms. The average molecular weight is 807 g/mol. The molecule has 4 amide bonds. The fraction of sp³-hybridized carbons (Fsp3) is 0.568. The van der Waals surface area contributed by atoms with Gasteiger partial charge in [0.25, 0.3) is 0 Å². The van der Waals surface area contributed by atoms with Gasteiger partial charge in [0.15, 0.2) is 0 Å². The van der Waals surface area contributed by atoms with Crippen molar-refractivity contribution in [3.8, 4) is 0 Å². The number of piperazine rings is 1. The van der Waals surface area contributed by atoms with Crippen molar-refractivity contribution in [1.82, 2.24) is 24.5 Å². The van der Waals surface area contributed by atoms with E-state index in [0.717, 1.165) is 42.7 Å². The van der Waals surface area contributed by atoms with Crippen LogP contribution in [0.3, 0.4) is 0 Å². The lowest BCUT2D eigenvalue weighted by Crippen LogP contribution is -2.61. The lowest BCUT2D eigenvalue weighted by Gasteiger charge is -2.46. The lowest BCUT2D eigenvalue weighted by molar-refractivity contribution is -0.154. The van der Waals surface area contributed by atoms with Gasteiger partial charge in [-0.05, 0) is 91.3 Å². The number of para-hydroxylation sites is 1. The standard InChI is InChI=1S/C37H47BrCl2N6O5/c1-3-51-36(49)32-23-42(2)16-17-45(32)27-10-14-44(15-11-27)35(48)26(18-24-19-29(39)34(38)30(40)20-24)21-33(47)43-12-8-28(9-13-43)46-22-25-6-4-5-7-31(25)41-37(46)50/h4-7,19-20,26-28,32H,3,8-18,21-23H2,1-2H3,(H,41,50). The molecule has 0 saturated carbocycles. The number of urea groups is 1. The highest BCUT2D eigenvalue weighted by molar-refractivity contribution is 9.10. The molecule has 0 radical (unpaired) electrons. The molecule has 4 aliphatic heterocycles. The van der Waals surface area contributed by atoms with Gasteiger partial charge in [-0.2, -0.15) is 0 Å². The molecule has 1 N–H and O–H groups in total. The minimum Gasteiger partial charge on any atom is -0.465 e. The highest BCUT2D eigenvalue weighted by Crippen LogP contribution is 2.34. The van der Waals surface area contributed by atoms with Crippen molar-refractivity contribution in [2.75, 3.05) is 64.8 Å². The Labute approximate surface area is 318 Å². The Morgan fingerprint density at radius 1 is 0.941 bits per heavy atom. The second kappa shape index (κ2) is 16.8. The van der Waals surface area contributed by atoms with Crippen LogP contribution < -0.4 is 5.32 Å². The summed E-state index contributed by atoms with van der Waals surface area (Å²) in [6.07, 6.45) is 3.21. The van der Waals surface area contributed by atoms with E-state index in [1.165, 1.54) is 0 Å². The van der Waals surface area contributed by atoms with Crippen LogP contribution in [0.15, 0.2) is 40.9 Å². The largest absolute Gasteiger partial charge is 0.465 e. The van der Waals surface area contributed by atoms with Crippen LogP contribution in [0.4, 0.5) is 10.5 Å². The van der Waals surface area contributed by atoms with E-state index in [1.807, 2.05) is 52.9 Å². The van der Waals surface area contributed by atoms with Crippen LogP contribution in [0.25, 0.3) is 0 Å². The topological polar surface area (TPSA) is 106 Å². The molecule has 3 fully saturated rings. The van der Waals surface area contributed by atoms with Gasteiger partial charge in [-0.1, -0.05) is 41.4 Å². The van der Waals surface area contributed by atoms with Gasteiger partial charge in [0.2, 0.25) is 11.8 Å². The van der Waals surface area contributed by atoms with E-state index < -0.39 is 5.92 Å². The number of hydrogen-bond acceptors (Lipinski definition) is 7. The molecule has 14 heteroatoms. The van der Waals surface area contributed by atoms with E-state index in [0.29, 0.717) is 79.7 Å². The molecule has 2 aromatic rings. The third kappa shape index (κ3) is 8.84. The van der Waals surface area contributed by atoms with Gasteiger partial charge >= 0.3 is 12.0 Å². The number of benzene rings is 2. The van der Waals surface area contributed by atoms with E-state index in [9.17, 15) is 19.2 Å². The molecule has 6 rings (SSSR count). The zero-order valence-corrected chi connectivity index (χ0v) is 32.4. The summed E-state index contributed by atoms with van der Waals surface area (Å²) < 4.78 is 6.01.